The molecule has 2 aliphatic rings. The van der Waals surface area contributed by atoms with Crippen LogP contribution in [0.15, 0.2) is 41.3 Å². The standard InChI is InChI=1S/C21H24N2O5S/c1-12(23-19(25)14-8-4-5-9-15(14)20(23)26)21(27)28-13(2)18(24)22-16-10-6-7-11-17(16)29-3/h4-7,10-15H,8-9H2,1-3H3,(H,22,24)/t12-,13-,14+,15+/m0/s1. The van der Waals surface area contributed by atoms with Gasteiger partial charge in [-0.3, -0.25) is 19.3 Å². The summed E-state index contributed by atoms with van der Waals surface area (Å²) in [4.78, 5) is 52.1. The van der Waals surface area contributed by atoms with Crippen LogP contribution in [0.5, 0.6) is 0 Å². The summed E-state index contributed by atoms with van der Waals surface area (Å²) in [7, 11) is 0. The summed E-state index contributed by atoms with van der Waals surface area (Å²) in [5.74, 6) is -2.78. The fraction of sp³-hybridized carbons (Fsp3) is 0.429. The van der Waals surface area contributed by atoms with Crippen LogP contribution in [0.4, 0.5) is 5.69 Å². The molecule has 1 fully saturated rings. The zero-order valence-corrected chi connectivity index (χ0v) is 17.4. The SMILES string of the molecule is CSc1ccccc1NC(=O)[C@H](C)OC(=O)[C@H](C)N1C(=O)[C@@H]2CC=CC[C@H]2C1=O. The van der Waals surface area contributed by atoms with E-state index in [1.165, 1.54) is 25.6 Å². The van der Waals surface area contributed by atoms with E-state index in [1.807, 2.05) is 30.5 Å². The fourth-order valence-electron chi connectivity index (χ4n) is 3.62. The zero-order valence-electron chi connectivity index (χ0n) is 16.6. The molecule has 3 rings (SSSR count). The Hall–Kier alpha value is -2.61. The summed E-state index contributed by atoms with van der Waals surface area (Å²) >= 11 is 1.49. The number of esters is 1. The zero-order chi connectivity index (χ0) is 21.1. The third kappa shape index (κ3) is 4.22. The molecule has 0 bridgehead atoms. The largest absolute Gasteiger partial charge is 0.451 e. The first-order valence-corrected chi connectivity index (χ1v) is 10.7. The highest BCUT2D eigenvalue weighted by molar-refractivity contribution is 7.98. The molecule has 1 aliphatic heterocycles. The Balaban J connectivity index is 1.62. The quantitative estimate of drug-likeness (QED) is 0.332. The number of thioether (sulfide) groups is 1. The number of anilines is 1. The Morgan fingerprint density at radius 3 is 2.28 bits per heavy atom. The van der Waals surface area contributed by atoms with Gasteiger partial charge in [0.05, 0.1) is 17.5 Å². The maximum atomic E-state index is 12.6. The molecule has 0 spiro atoms. The second-order valence-corrected chi connectivity index (χ2v) is 7.99. The van der Waals surface area contributed by atoms with Crippen molar-refractivity contribution in [2.24, 2.45) is 11.8 Å². The third-order valence-corrected chi connectivity index (χ3v) is 6.09. The molecule has 8 heteroatoms. The van der Waals surface area contributed by atoms with E-state index in [0.29, 0.717) is 18.5 Å². The Bertz CT molecular complexity index is 842. The molecule has 7 nitrogen and oxygen atoms in total. The number of hydrogen-bond donors (Lipinski definition) is 1. The molecule has 4 atom stereocenters. The van der Waals surface area contributed by atoms with Gasteiger partial charge in [0.25, 0.3) is 5.91 Å². The molecule has 1 aromatic carbocycles. The molecular formula is C21H24N2O5S. The average molecular weight is 416 g/mol. The Morgan fingerprint density at radius 1 is 1.10 bits per heavy atom. The summed E-state index contributed by atoms with van der Waals surface area (Å²) in [5, 5.41) is 2.74. The number of hydrogen-bond acceptors (Lipinski definition) is 6. The van der Waals surface area contributed by atoms with Crippen molar-refractivity contribution < 1.29 is 23.9 Å². The number of allylic oxidation sites excluding steroid dienone is 2. The number of nitrogens with zero attached hydrogens (tertiary/aromatic N) is 1. The van der Waals surface area contributed by atoms with Crippen LogP contribution >= 0.6 is 11.8 Å². The number of likely N-dealkylation sites (tertiary alicyclic amines) is 1. The van der Waals surface area contributed by atoms with Crippen molar-refractivity contribution in [2.75, 3.05) is 11.6 Å². The molecule has 0 unspecified atom stereocenters. The van der Waals surface area contributed by atoms with E-state index in [4.69, 9.17) is 4.74 Å². The van der Waals surface area contributed by atoms with E-state index in [-0.39, 0.29) is 11.8 Å². The maximum Gasteiger partial charge on any atom is 0.329 e. The minimum atomic E-state index is -1.07. The molecule has 0 radical (unpaired) electrons. The van der Waals surface area contributed by atoms with Crippen molar-refractivity contribution in [3.63, 3.8) is 0 Å². The third-order valence-electron chi connectivity index (χ3n) is 5.30. The van der Waals surface area contributed by atoms with Gasteiger partial charge in [-0.25, -0.2) is 4.79 Å². The molecule has 29 heavy (non-hydrogen) atoms. The summed E-state index contributed by atoms with van der Waals surface area (Å²) in [6.45, 7) is 2.91. The maximum absolute atomic E-state index is 12.6. The highest BCUT2D eigenvalue weighted by Crippen LogP contribution is 2.36. The van der Waals surface area contributed by atoms with Crippen molar-refractivity contribution in [1.29, 1.82) is 0 Å². The monoisotopic (exact) mass is 416 g/mol. The second kappa shape index (κ2) is 8.82. The number of ether oxygens (including phenoxy) is 1. The smallest absolute Gasteiger partial charge is 0.329 e. The first-order chi connectivity index (χ1) is 13.8. The van der Waals surface area contributed by atoms with E-state index in [0.717, 1.165) is 9.80 Å². The van der Waals surface area contributed by atoms with Crippen molar-refractivity contribution in [1.82, 2.24) is 4.90 Å². The van der Waals surface area contributed by atoms with E-state index in [2.05, 4.69) is 5.32 Å². The van der Waals surface area contributed by atoms with Crippen LogP contribution < -0.4 is 5.32 Å². The van der Waals surface area contributed by atoms with Gasteiger partial charge >= 0.3 is 5.97 Å². The Kier molecular flexibility index (Phi) is 6.42. The first-order valence-electron chi connectivity index (χ1n) is 9.51. The Labute approximate surface area is 173 Å². The van der Waals surface area contributed by atoms with Crippen LogP contribution in [-0.4, -0.2) is 47.0 Å². The molecule has 154 valence electrons. The molecular weight excluding hydrogens is 392 g/mol. The van der Waals surface area contributed by atoms with Gasteiger partial charge in [0.15, 0.2) is 6.10 Å². The number of fused-ring (bicyclic) bond motifs is 1. The topological polar surface area (TPSA) is 92.8 Å². The van der Waals surface area contributed by atoms with Crippen LogP contribution in [0.25, 0.3) is 0 Å². The van der Waals surface area contributed by atoms with Gasteiger partial charge in [-0.05, 0) is 45.1 Å². The van der Waals surface area contributed by atoms with Crippen molar-refractivity contribution >= 4 is 41.1 Å². The lowest BCUT2D eigenvalue weighted by molar-refractivity contribution is -0.163. The number of nitrogens with one attached hydrogen (secondary N) is 1. The number of carbonyl (C=O) groups excluding carboxylic acids is 4. The lowest BCUT2D eigenvalue weighted by Crippen LogP contribution is -2.46. The van der Waals surface area contributed by atoms with Crippen LogP contribution in [0.1, 0.15) is 26.7 Å². The van der Waals surface area contributed by atoms with E-state index < -0.39 is 35.9 Å². The van der Waals surface area contributed by atoms with Crippen LogP contribution in [0.2, 0.25) is 0 Å². The number of amides is 3. The van der Waals surface area contributed by atoms with Crippen LogP contribution in [0, 0.1) is 11.8 Å². The number of benzene rings is 1. The lowest BCUT2D eigenvalue weighted by atomic mass is 9.85. The fourth-order valence-corrected chi connectivity index (χ4v) is 4.18. The predicted octanol–water partition coefficient (Wildman–Crippen LogP) is 2.62. The molecule has 1 aliphatic carbocycles. The molecule has 1 heterocycles. The van der Waals surface area contributed by atoms with Gasteiger partial charge < -0.3 is 10.1 Å². The van der Waals surface area contributed by atoms with Gasteiger partial charge in [0.2, 0.25) is 11.8 Å². The normalized spacial score (nSPS) is 22.8. The molecule has 1 saturated heterocycles. The highest BCUT2D eigenvalue weighted by Gasteiger charge is 2.50. The van der Waals surface area contributed by atoms with E-state index in [1.54, 1.807) is 12.1 Å². The minimum Gasteiger partial charge on any atom is -0.451 e. The predicted molar refractivity (Wildman–Crippen MR) is 109 cm³/mol. The van der Waals surface area contributed by atoms with Crippen LogP contribution in [-0.2, 0) is 23.9 Å². The first kappa shape index (κ1) is 21.1. The number of para-hydroxylation sites is 1. The summed E-state index contributed by atoms with van der Waals surface area (Å²) in [6, 6.07) is 6.22. The summed E-state index contributed by atoms with van der Waals surface area (Å²) in [5.41, 5.74) is 0.627. The number of carbonyl (C=O) groups is 4. The van der Waals surface area contributed by atoms with E-state index >= 15 is 0 Å². The average Bonchev–Trinajstić information content (AvgIpc) is 2.98. The van der Waals surface area contributed by atoms with Gasteiger partial charge in [-0.1, -0.05) is 24.3 Å². The number of imide groups is 1. The molecule has 1 N–H and O–H groups in total. The van der Waals surface area contributed by atoms with Gasteiger partial charge in [-0.2, -0.15) is 0 Å². The second-order valence-electron chi connectivity index (χ2n) is 7.15. The van der Waals surface area contributed by atoms with Crippen molar-refractivity contribution in [3.8, 4) is 0 Å². The van der Waals surface area contributed by atoms with Crippen LogP contribution in [0.3, 0.4) is 0 Å². The molecule has 3 amide bonds. The van der Waals surface area contributed by atoms with Crippen molar-refractivity contribution in [3.05, 3.63) is 36.4 Å². The highest BCUT2D eigenvalue weighted by atomic mass is 32.2. The van der Waals surface area contributed by atoms with Gasteiger partial charge in [-0.15, -0.1) is 11.8 Å². The lowest BCUT2D eigenvalue weighted by Gasteiger charge is -2.23. The summed E-state index contributed by atoms with van der Waals surface area (Å²) < 4.78 is 5.26. The van der Waals surface area contributed by atoms with Gasteiger partial charge in [0, 0.05) is 4.90 Å². The minimum absolute atomic E-state index is 0.347. The molecule has 0 aromatic heterocycles. The van der Waals surface area contributed by atoms with Gasteiger partial charge in [0.1, 0.15) is 6.04 Å². The summed E-state index contributed by atoms with van der Waals surface area (Å²) in [6.07, 6.45) is 5.60. The molecule has 1 aromatic rings. The molecule has 0 saturated carbocycles. The number of rotatable bonds is 6. The van der Waals surface area contributed by atoms with Crippen molar-refractivity contribution in [2.45, 2.75) is 43.7 Å². The van der Waals surface area contributed by atoms with E-state index in [9.17, 15) is 19.2 Å². The Morgan fingerprint density at radius 2 is 1.69 bits per heavy atom.